The number of anilines is 1. The molecule has 1 fully saturated rings. The third-order valence-electron chi connectivity index (χ3n) is 4.08. The zero-order valence-electron chi connectivity index (χ0n) is 12.5. The molecule has 1 saturated heterocycles. The molecular formula is C16H22N2O3. The van der Waals surface area contributed by atoms with Crippen LogP contribution in [0.1, 0.15) is 48.5 Å². The standard InChI is InChI=1S/C16H22N2O3/c1-3-7-16(8-4-9-17-16)15(21)18-12-6-5-11(2)13(10-12)14(19)20/h5-6,10,17H,3-4,7-9H2,1-2H3,(H,18,21)(H,19,20). The van der Waals surface area contributed by atoms with Gasteiger partial charge in [-0.3, -0.25) is 4.79 Å². The Kier molecular flexibility index (Phi) is 4.63. The van der Waals surface area contributed by atoms with Gasteiger partial charge >= 0.3 is 5.97 Å². The summed E-state index contributed by atoms with van der Waals surface area (Å²) in [5.41, 5.74) is 0.926. The van der Waals surface area contributed by atoms with Crippen LogP contribution in [0.2, 0.25) is 0 Å². The number of carboxylic acids is 1. The zero-order chi connectivity index (χ0) is 15.5. The first-order chi connectivity index (χ1) is 9.98. The van der Waals surface area contributed by atoms with Crippen molar-refractivity contribution in [2.75, 3.05) is 11.9 Å². The van der Waals surface area contributed by atoms with E-state index in [1.165, 1.54) is 6.07 Å². The normalized spacial score (nSPS) is 21.2. The lowest BCUT2D eigenvalue weighted by Gasteiger charge is -2.28. The molecule has 0 aliphatic carbocycles. The molecule has 1 amide bonds. The van der Waals surface area contributed by atoms with Gasteiger partial charge in [0.1, 0.15) is 0 Å². The molecule has 21 heavy (non-hydrogen) atoms. The Balaban J connectivity index is 2.19. The van der Waals surface area contributed by atoms with Gasteiger partial charge in [-0.05, 0) is 50.4 Å². The minimum Gasteiger partial charge on any atom is -0.478 e. The number of benzene rings is 1. The number of nitrogens with one attached hydrogen (secondary N) is 2. The molecule has 114 valence electrons. The molecule has 1 unspecified atom stereocenters. The van der Waals surface area contributed by atoms with E-state index >= 15 is 0 Å². The van der Waals surface area contributed by atoms with Crippen molar-refractivity contribution >= 4 is 17.6 Å². The van der Waals surface area contributed by atoms with Crippen molar-refractivity contribution < 1.29 is 14.7 Å². The van der Waals surface area contributed by atoms with E-state index in [4.69, 9.17) is 5.11 Å². The number of carboxylic acid groups (broad SMARTS) is 1. The monoisotopic (exact) mass is 290 g/mol. The van der Waals surface area contributed by atoms with Crippen LogP contribution >= 0.6 is 0 Å². The van der Waals surface area contributed by atoms with Crippen molar-refractivity contribution in [1.29, 1.82) is 0 Å². The third kappa shape index (κ3) is 3.24. The highest BCUT2D eigenvalue weighted by Gasteiger charge is 2.39. The van der Waals surface area contributed by atoms with Crippen LogP contribution in [-0.2, 0) is 4.79 Å². The number of aromatic carboxylic acids is 1. The second kappa shape index (κ2) is 6.26. The van der Waals surface area contributed by atoms with Crippen LogP contribution in [0.15, 0.2) is 18.2 Å². The lowest BCUT2D eigenvalue weighted by atomic mass is 9.90. The molecule has 1 aliphatic heterocycles. The highest BCUT2D eigenvalue weighted by Crippen LogP contribution is 2.27. The van der Waals surface area contributed by atoms with E-state index in [2.05, 4.69) is 17.6 Å². The van der Waals surface area contributed by atoms with Gasteiger partial charge in [0.25, 0.3) is 0 Å². The summed E-state index contributed by atoms with van der Waals surface area (Å²) < 4.78 is 0. The minimum absolute atomic E-state index is 0.0676. The summed E-state index contributed by atoms with van der Waals surface area (Å²) in [6, 6.07) is 4.98. The number of hydrogen-bond acceptors (Lipinski definition) is 3. The molecule has 1 atom stereocenters. The number of rotatable bonds is 5. The number of amides is 1. The molecule has 0 radical (unpaired) electrons. The molecule has 1 aromatic carbocycles. The van der Waals surface area contributed by atoms with Gasteiger partial charge in [-0.1, -0.05) is 19.4 Å². The van der Waals surface area contributed by atoms with E-state index < -0.39 is 11.5 Å². The van der Waals surface area contributed by atoms with Gasteiger partial charge in [-0.2, -0.15) is 0 Å². The Morgan fingerprint density at radius 1 is 1.43 bits per heavy atom. The summed E-state index contributed by atoms with van der Waals surface area (Å²) >= 11 is 0. The third-order valence-corrected chi connectivity index (χ3v) is 4.08. The van der Waals surface area contributed by atoms with Gasteiger partial charge in [-0.15, -0.1) is 0 Å². The fourth-order valence-electron chi connectivity index (χ4n) is 2.93. The summed E-state index contributed by atoms with van der Waals surface area (Å²) in [5.74, 6) is -1.05. The van der Waals surface area contributed by atoms with Crippen molar-refractivity contribution in [2.24, 2.45) is 0 Å². The van der Waals surface area contributed by atoms with E-state index in [9.17, 15) is 9.59 Å². The van der Waals surface area contributed by atoms with Gasteiger partial charge in [0.05, 0.1) is 11.1 Å². The number of carbonyl (C=O) groups excluding carboxylic acids is 1. The van der Waals surface area contributed by atoms with Crippen LogP contribution in [0.3, 0.4) is 0 Å². The summed E-state index contributed by atoms with van der Waals surface area (Å²) in [7, 11) is 0. The van der Waals surface area contributed by atoms with E-state index in [1.807, 2.05) is 0 Å². The predicted octanol–water partition coefficient (Wildman–Crippen LogP) is 2.55. The van der Waals surface area contributed by atoms with E-state index in [0.717, 1.165) is 32.2 Å². The predicted molar refractivity (Wildman–Crippen MR) is 81.6 cm³/mol. The van der Waals surface area contributed by atoms with Gasteiger partial charge in [0.2, 0.25) is 5.91 Å². The Morgan fingerprint density at radius 2 is 2.19 bits per heavy atom. The minimum atomic E-state index is -0.981. The van der Waals surface area contributed by atoms with E-state index in [0.29, 0.717) is 11.3 Å². The molecule has 3 N–H and O–H groups in total. The summed E-state index contributed by atoms with van der Waals surface area (Å²) in [5, 5.41) is 15.3. The number of carbonyl (C=O) groups is 2. The smallest absolute Gasteiger partial charge is 0.336 e. The molecule has 2 rings (SSSR count). The quantitative estimate of drug-likeness (QED) is 0.778. The second-order valence-corrected chi connectivity index (χ2v) is 5.65. The van der Waals surface area contributed by atoms with E-state index in [-0.39, 0.29) is 11.5 Å². The summed E-state index contributed by atoms with van der Waals surface area (Å²) in [6.07, 6.45) is 3.52. The number of aryl methyl sites for hydroxylation is 1. The Labute approximate surface area is 124 Å². The molecular weight excluding hydrogens is 268 g/mol. The molecule has 5 nitrogen and oxygen atoms in total. The van der Waals surface area contributed by atoms with Crippen LogP contribution in [0.25, 0.3) is 0 Å². The first-order valence-electron chi connectivity index (χ1n) is 7.39. The molecule has 0 spiro atoms. The number of hydrogen-bond donors (Lipinski definition) is 3. The van der Waals surface area contributed by atoms with Crippen molar-refractivity contribution in [3.8, 4) is 0 Å². The lowest BCUT2D eigenvalue weighted by molar-refractivity contribution is -0.122. The van der Waals surface area contributed by atoms with Crippen LogP contribution in [-0.4, -0.2) is 29.1 Å². The van der Waals surface area contributed by atoms with Crippen molar-refractivity contribution in [2.45, 2.75) is 45.1 Å². The molecule has 0 aromatic heterocycles. The maximum Gasteiger partial charge on any atom is 0.336 e. The molecule has 1 aliphatic rings. The first kappa shape index (κ1) is 15.5. The Hall–Kier alpha value is -1.88. The van der Waals surface area contributed by atoms with Gasteiger partial charge in [0, 0.05) is 5.69 Å². The Morgan fingerprint density at radius 3 is 2.76 bits per heavy atom. The first-order valence-corrected chi connectivity index (χ1v) is 7.39. The average Bonchev–Trinajstić information content (AvgIpc) is 2.91. The van der Waals surface area contributed by atoms with Gasteiger partial charge in [-0.25, -0.2) is 4.79 Å². The fraction of sp³-hybridized carbons (Fsp3) is 0.500. The maximum absolute atomic E-state index is 12.6. The molecule has 0 bridgehead atoms. The lowest BCUT2D eigenvalue weighted by Crippen LogP contribution is -2.50. The Bertz CT molecular complexity index is 548. The van der Waals surface area contributed by atoms with Gasteiger partial charge in [0.15, 0.2) is 0 Å². The van der Waals surface area contributed by atoms with Crippen molar-refractivity contribution in [3.05, 3.63) is 29.3 Å². The van der Waals surface area contributed by atoms with Crippen LogP contribution < -0.4 is 10.6 Å². The average molecular weight is 290 g/mol. The topological polar surface area (TPSA) is 78.4 Å². The molecule has 1 aromatic rings. The van der Waals surface area contributed by atoms with Crippen LogP contribution in [0.5, 0.6) is 0 Å². The largest absolute Gasteiger partial charge is 0.478 e. The molecule has 5 heteroatoms. The highest BCUT2D eigenvalue weighted by molar-refractivity contribution is 5.99. The summed E-state index contributed by atoms with van der Waals surface area (Å²) in [4.78, 5) is 23.7. The fourth-order valence-corrected chi connectivity index (χ4v) is 2.93. The van der Waals surface area contributed by atoms with Crippen LogP contribution in [0.4, 0.5) is 5.69 Å². The zero-order valence-corrected chi connectivity index (χ0v) is 12.5. The van der Waals surface area contributed by atoms with Gasteiger partial charge < -0.3 is 15.7 Å². The highest BCUT2D eigenvalue weighted by atomic mass is 16.4. The maximum atomic E-state index is 12.6. The van der Waals surface area contributed by atoms with Crippen molar-refractivity contribution in [3.63, 3.8) is 0 Å². The summed E-state index contributed by atoms with van der Waals surface area (Å²) in [6.45, 7) is 4.65. The van der Waals surface area contributed by atoms with E-state index in [1.54, 1.807) is 19.1 Å². The second-order valence-electron chi connectivity index (χ2n) is 5.65. The van der Waals surface area contributed by atoms with Crippen LogP contribution in [0, 0.1) is 6.92 Å². The SMILES string of the molecule is CCCC1(C(=O)Nc2ccc(C)c(C(=O)O)c2)CCCN1. The molecule has 0 saturated carbocycles. The molecule has 1 heterocycles. The van der Waals surface area contributed by atoms with Crippen molar-refractivity contribution in [1.82, 2.24) is 5.32 Å².